The fourth-order valence-corrected chi connectivity index (χ4v) is 2.74. The summed E-state index contributed by atoms with van der Waals surface area (Å²) in [6, 6.07) is 1.47. The van der Waals surface area contributed by atoms with E-state index in [2.05, 4.69) is 15.6 Å². The number of aromatic nitrogens is 1. The Bertz CT molecular complexity index is 589. The molecule has 8 nitrogen and oxygen atoms in total. The van der Waals surface area contributed by atoms with E-state index in [1.54, 1.807) is 7.11 Å². The van der Waals surface area contributed by atoms with Gasteiger partial charge in [0.1, 0.15) is 5.56 Å². The number of primary amides is 1. The number of piperidine rings is 1. The van der Waals surface area contributed by atoms with E-state index in [0.29, 0.717) is 25.1 Å². The van der Waals surface area contributed by atoms with Gasteiger partial charge in [0.25, 0.3) is 5.91 Å². The summed E-state index contributed by atoms with van der Waals surface area (Å²) in [5, 5.41) is 6.04. The summed E-state index contributed by atoms with van der Waals surface area (Å²) in [6.07, 6.45) is 2.79. The first-order valence-electron chi connectivity index (χ1n) is 7.37. The number of hydrogen-bond donors (Lipinski definition) is 3. The van der Waals surface area contributed by atoms with Crippen molar-refractivity contribution in [1.82, 2.24) is 10.3 Å². The number of nitrogens with one attached hydrogen (secondary N) is 2. The molecule has 2 rings (SSSR count). The third-order valence-electron chi connectivity index (χ3n) is 4.03. The van der Waals surface area contributed by atoms with Gasteiger partial charge in [-0.1, -0.05) is 0 Å². The largest absolute Gasteiger partial charge is 0.480 e. The lowest BCUT2D eigenvalue weighted by Crippen LogP contribution is -2.47. The molecule has 1 saturated heterocycles. The summed E-state index contributed by atoms with van der Waals surface area (Å²) in [7, 11) is 2.98. The van der Waals surface area contributed by atoms with Gasteiger partial charge in [-0.3, -0.25) is 9.59 Å². The number of nitrogens with zero attached hydrogens (tertiary/aromatic N) is 1. The van der Waals surface area contributed by atoms with Crippen LogP contribution >= 0.6 is 24.8 Å². The van der Waals surface area contributed by atoms with Crippen LogP contribution in [0.4, 0.5) is 5.69 Å². The van der Waals surface area contributed by atoms with Crippen molar-refractivity contribution in [3.63, 3.8) is 0 Å². The maximum absolute atomic E-state index is 12.7. The molecule has 25 heavy (non-hydrogen) atoms. The Balaban J connectivity index is 0.00000288. The smallest absolute Gasteiger partial charge is 0.254 e. The van der Waals surface area contributed by atoms with E-state index >= 15 is 0 Å². The van der Waals surface area contributed by atoms with Gasteiger partial charge in [-0.25, -0.2) is 4.98 Å². The van der Waals surface area contributed by atoms with Crippen molar-refractivity contribution < 1.29 is 19.1 Å². The molecule has 0 atom stereocenters. The van der Waals surface area contributed by atoms with Crippen molar-refractivity contribution in [3.8, 4) is 5.88 Å². The Morgan fingerprint density at radius 1 is 1.32 bits per heavy atom. The first-order chi connectivity index (χ1) is 11.0. The van der Waals surface area contributed by atoms with Crippen LogP contribution in [0.25, 0.3) is 0 Å². The number of methoxy groups -OCH3 is 2. The Kier molecular flexibility index (Phi) is 9.73. The van der Waals surface area contributed by atoms with E-state index < -0.39 is 11.3 Å². The zero-order valence-corrected chi connectivity index (χ0v) is 15.8. The van der Waals surface area contributed by atoms with Crippen LogP contribution in [-0.2, 0) is 9.53 Å². The molecule has 4 N–H and O–H groups in total. The molecule has 0 aromatic carbocycles. The third-order valence-corrected chi connectivity index (χ3v) is 4.03. The van der Waals surface area contributed by atoms with Gasteiger partial charge in [0.2, 0.25) is 11.8 Å². The lowest BCUT2D eigenvalue weighted by atomic mass is 9.78. The van der Waals surface area contributed by atoms with E-state index in [4.69, 9.17) is 15.2 Å². The monoisotopic (exact) mass is 394 g/mol. The number of ether oxygens (including phenoxy) is 2. The quantitative estimate of drug-likeness (QED) is 0.662. The molecule has 0 bridgehead atoms. The minimum absolute atomic E-state index is 0. The summed E-state index contributed by atoms with van der Waals surface area (Å²) in [4.78, 5) is 28.2. The molecule has 1 aromatic rings. The average molecular weight is 395 g/mol. The van der Waals surface area contributed by atoms with E-state index in [9.17, 15) is 9.59 Å². The van der Waals surface area contributed by atoms with Crippen molar-refractivity contribution in [2.45, 2.75) is 12.8 Å². The van der Waals surface area contributed by atoms with E-state index in [1.165, 1.54) is 19.4 Å². The maximum atomic E-state index is 12.7. The van der Waals surface area contributed by atoms with E-state index in [1.807, 2.05) is 0 Å². The molecular weight excluding hydrogens is 371 g/mol. The summed E-state index contributed by atoms with van der Waals surface area (Å²) >= 11 is 0. The van der Waals surface area contributed by atoms with Gasteiger partial charge >= 0.3 is 0 Å². The lowest BCUT2D eigenvalue weighted by molar-refractivity contribution is -0.130. The summed E-state index contributed by atoms with van der Waals surface area (Å²) < 4.78 is 10.2. The number of rotatable bonds is 6. The predicted molar refractivity (Wildman–Crippen MR) is 98.8 cm³/mol. The van der Waals surface area contributed by atoms with Crippen molar-refractivity contribution in [2.24, 2.45) is 11.1 Å². The topological polar surface area (TPSA) is 116 Å². The van der Waals surface area contributed by atoms with Crippen molar-refractivity contribution >= 4 is 42.3 Å². The molecule has 2 amide bonds. The van der Waals surface area contributed by atoms with Gasteiger partial charge in [0.05, 0.1) is 31.0 Å². The van der Waals surface area contributed by atoms with E-state index in [0.717, 1.165) is 13.1 Å². The molecule has 1 aliphatic rings. The maximum Gasteiger partial charge on any atom is 0.254 e. The fourth-order valence-electron chi connectivity index (χ4n) is 2.74. The van der Waals surface area contributed by atoms with E-state index in [-0.39, 0.29) is 42.2 Å². The van der Waals surface area contributed by atoms with Crippen molar-refractivity contribution in [1.29, 1.82) is 0 Å². The molecule has 0 radical (unpaired) electrons. The van der Waals surface area contributed by atoms with Crippen LogP contribution in [0, 0.1) is 5.41 Å². The van der Waals surface area contributed by atoms with Gasteiger partial charge in [0, 0.05) is 7.11 Å². The van der Waals surface area contributed by atoms with Crippen LogP contribution < -0.4 is 21.1 Å². The number of anilines is 1. The Labute approximate surface area is 159 Å². The number of hydrogen-bond acceptors (Lipinski definition) is 6. The SMILES string of the molecule is COCC1(C(=O)Nc2cnc(OC)c(C(N)=O)c2)CCNCC1.Cl.Cl. The molecular formula is C15H24Cl2N4O4. The van der Waals surface area contributed by atoms with Gasteiger partial charge in [-0.15, -0.1) is 24.8 Å². The highest BCUT2D eigenvalue weighted by atomic mass is 35.5. The zero-order valence-electron chi connectivity index (χ0n) is 14.2. The van der Waals surface area contributed by atoms with Gasteiger partial charge < -0.3 is 25.8 Å². The minimum Gasteiger partial charge on any atom is -0.480 e. The predicted octanol–water partition coefficient (Wildman–Crippen LogP) is 0.987. The first kappa shape index (κ1) is 23.4. The second kappa shape index (κ2) is 10.4. The highest BCUT2D eigenvalue weighted by Gasteiger charge is 2.39. The van der Waals surface area contributed by atoms with Gasteiger partial charge in [-0.05, 0) is 32.0 Å². The van der Waals surface area contributed by atoms with Crippen molar-refractivity contribution in [2.75, 3.05) is 39.2 Å². The average Bonchev–Trinajstić information content (AvgIpc) is 2.55. The molecule has 0 saturated carbocycles. The number of halogens is 2. The summed E-state index contributed by atoms with van der Waals surface area (Å²) in [5.41, 5.74) is 5.24. The molecule has 142 valence electrons. The molecule has 0 aliphatic carbocycles. The minimum atomic E-state index is -0.668. The van der Waals surface area contributed by atoms with Crippen LogP contribution in [0.5, 0.6) is 5.88 Å². The number of pyridine rings is 1. The molecule has 0 unspecified atom stereocenters. The molecule has 1 fully saturated rings. The van der Waals surface area contributed by atoms with Gasteiger partial charge in [0.15, 0.2) is 0 Å². The van der Waals surface area contributed by atoms with Crippen LogP contribution in [0.15, 0.2) is 12.3 Å². The molecule has 1 aromatic heterocycles. The Morgan fingerprint density at radius 3 is 2.48 bits per heavy atom. The van der Waals surface area contributed by atoms with Crippen LogP contribution in [0.1, 0.15) is 23.2 Å². The molecule has 2 heterocycles. The molecule has 1 aliphatic heterocycles. The normalized spacial score (nSPS) is 15.3. The highest BCUT2D eigenvalue weighted by molar-refractivity contribution is 5.99. The second-order valence-corrected chi connectivity index (χ2v) is 5.56. The van der Waals surface area contributed by atoms with Crippen LogP contribution in [0.2, 0.25) is 0 Å². The zero-order chi connectivity index (χ0) is 16.9. The fraction of sp³-hybridized carbons (Fsp3) is 0.533. The summed E-state index contributed by atoms with van der Waals surface area (Å²) in [6.45, 7) is 1.85. The van der Waals surface area contributed by atoms with Gasteiger partial charge in [-0.2, -0.15) is 0 Å². The summed E-state index contributed by atoms with van der Waals surface area (Å²) in [5.74, 6) is -0.689. The number of nitrogens with two attached hydrogens (primary N) is 1. The second-order valence-electron chi connectivity index (χ2n) is 5.56. The number of carbonyl (C=O) groups is 2. The van der Waals surface area contributed by atoms with Crippen LogP contribution in [0.3, 0.4) is 0 Å². The molecule has 10 heteroatoms. The Morgan fingerprint density at radius 2 is 1.96 bits per heavy atom. The standard InChI is InChI=1S/C15H22N4O4.2ClH/c1-22-9-15(3-5-17-6-4-15)14(21)19-10-7-11(12(16)20)13(23-2)18-8-10;;/h7-8,17H,3-6,9H2,1-2H3,(H2,16,20)(H,19,21);2*1H. The lowest BCUT2D eigenvalue weighted by Gasteiger charge is -2.35. The number of amides is 2. The highest BCUT2D eigenvalue weighted by Crippen LogP contribution is 2.31. The first-order valence-corrected chi connectivity index (χ1v) is 7.37. The van der Waals surface area contributed by atoms with Crippen LogP contribution in [-0.4, -0.2) is 50.7 Å². The van der Waals surface area contributed by atoms with Crippen molar-refractivity contribution in [3.05, 3.63) is 17.8 Å². The third kappa shape index (κ3) is 5.43. The molecule has 0 spiro atoms. The Hall–Kier alpha value is -1.61. The number of carbonyl (C=O) groups excluding carboxylic acids is 2.